The van der Waals surface area contributed by atoms with E-state index in [1.165, 1.54) is 12.1 Å². The van der Waals surface area contributed by atoms with E-state index in [0.29, 0.717) is 0 Å². The SMILES string of the molecule is CC(C)C(NS(=O)(=O)c1ccccc1F)C(=O)NCCC(=O)O. The molecular weight excluding hydrogens is 327 g/mol. The van der Waals surface area contributed by atoms with Crippen LogP contribution in [0.3, 0.4) is 0 Å². The van der Waals surface area contributed by atoms with Gasteiger partial charge in [-0.1, -0.05) is 26.0 Å². The Morgan fingerprint density at radius 2 is 1.87 bits per heavy atom. The molecule has 0 heterocycles. The third kappa shape index (κ3) is 5.61. The fourth-order valence-electron chi connectivity index (χ4n) is 1.79. The Bertz CT molecular complexity index is 676. The van der Waals surface area contributed by atoms with Crippen LogP contribution in [0.25, 0.3) is 0 Å². The molecule has 128 valence electrons. The highest BCUT2D eigenvalue weighted by molar-refractivity contribution is 7.89. The number of aliphatic carboxylic acids is 1. The molecule has 3 N–H and O–H groups in total. The molecule has 0 radical (unpaired) electrons. The third-order valence-corrected chi connectivity index (χ3v) is 4.47. The predicted molar refractivity (Wildman–Crippen MR) is 80.6 cm³/mol. The minimum atomic E-state index is -4.22. The van der Waals surface area contributed by atoms with E-state index in [0.717, 1.165) is 12.1 Å². The van der Waals surface area contributed by atoms with Gasteiger partial charge in [0.05, 0.1) is 6.42 Å². The topological polar surface area (TPSA) is 113 Å². The molecule has 1 amide bonds. The van der Waals surface area contributed by atoms with Gasteiger partial charge in [-0.3, -0.25) is 9.59 Å². The first-order valence-corrected chi connectivity index (χ1v) is 8.40. The van der Waals surface area contributed by atoms with Gasteiger partial charge in [0.15, 0.2) is 0 Å². The predicted octanol–water partition coefficient (Wildman–Crippen LogP) is 0.720. The minimum absolute atomic E-state index is 0.126. The van der Waals surface area contributed by atoms with E-state index in [1.54, 1.807) is 13.8 Å². The van der Waals surface area contributed by atoms with Crippen molar-refractivity contribution in [1.82, 2.24) is 10.0 Å². The summed E-state index contributed by atoms with van der Waals surface area (Å²) in [6.07, 6.45) is -0.281. The molecule has 1 atom stereocenters. The van der Waals surface area contributed by atoms with Crippen molar-refractivity contribution in [3.63, 3.8) is 0 Å². The number of sulfonamides is 1. The van der Waals surface area contributed by atoms with Crippen LogP contribution in [0.5, 0.6) is 0 Å². The van der Waals surface area contributed by atoms with Crippen LogP contribution in [0.1, 0.15) is 20.3 Å². The Labute approximate surface area is 133 Å². The standard InChI is InChI=1S/C14H19FN2O5S/c1-9(2)13(14(20)16-8-7-12(18)19)17-23(21,22)11-6-4-3-5-10(11)15/h3-6,9,13,17H,7-8H2,1-2H3,(H,16,20)(H,18,19). The molecule has 0 bridgehead atoms. The van der Waals surface area contributed by atoms with Crippen LogP contribution in [-0.2, 0) is 19.6 Å². The smallest absolute Gasteiger partial charge is 0.305 e. The zero-order valence-corrected chi connectivity index (χ0v) is 13.6. The molecule has 7 nitrogen and oxygen atoms in total. The van der Waals surface area contributed by atoms with Gasteiger partial charge in [0.25, 0.3) is 0 Å². The van der Waals surface area contributed by atoms with Gasteiger partial charge < -0.3 is 10.4 Å². The summed E-state index contributed by atoms with van der Waals surface area (Å²) in [5.74, 6) is -3.09. The van der Waals surface area contributed by atoms with E-state index < -0.39 is 44.6 Å². The number of hydrogen-bond donors (Lipinski definition) is 3. The molecule has 1 aromatic carbocycles. The summed E-state index contributed by atoms with van der Waals surface area (Å²) in [5, 5.41) is 10.9. The van der Waals surface area contributed by atoms with Gasteiger partial charge in [-0.15, -0.1) is 0 Å². The number of halogens is 1. The quantitative estimate of drug-likeness (QED) is 0.642. The zero-order chi connectivity index (χ0) is 17.6. The number of carboxylic acid groups (broad SMARTS) is 1. The number of carbonyl (C=O) groups is 2. The first-order chi connectivity index (χ1) is 10.6. The van der Waals surface area contributed by atoms with E-state index in [2.05, 4.69) is 10.0 Å². The van der Waals surface area contributed by atoms with Gasteiger partial charge in [0.2, 0.25) is 15.9 Å². The number of rotatable bonds is 8. The van der Waals surface area contributed by atoms with Crippen molar-refractivity contribution in [2.75, 3.05) is 6.54 Å². The summed E-state index contributed by atoms with van der Waals surface area (Å²) in [4.78, 5) is 21.9. The highest BCUT2D eigenvalue weighted by Crippen LogP contribution is 2.15. The first kappa shape index (κ1) is 19.0. The molecule has 0 saturated heterocycles. The molecule has 0 aliphatic rings. The fraction of sp³-hybridized carbons (Fsp3) is 0.429. The summed E-state index contributed by atoms with van der Waals surface area (Å²) in [6, 6.07) is 3.68. The Morgan fingerprint density at radius 3 is 2.39 bits per heavy atom. The normalized spacial score (nSPS) is 12.9. The van der Waals surface area contributed by atoms with Gasteiger partial charge in [-0.2, -0.15) is 4.72 Å². The molecule has 23 heavy (non-hydrogen) atoms. The summed E-state index contributed by atoms with van der Waals surface area (Å²) in [6.45, 7) is 3.11. The number of benzene rings is 1. The van der Waals surface area contributed by atoms with Crippen molar-refractivity contribution >= 4 is 21.9 Å². The molecule has 0 aromatic heterocycles. The van der Waals surface area contributed by atoms with Crippen molar-refractivity contribution in [3.8, 4) is 0 Å². The number of hydrogen-bond acceptors (Lipinski definition) is 4. The molecule has 0 fully saturated rings. The van der Waals surface area contributed by atoms with Crippen molar-refractivity contribution in [1.29, 1.82) is 0 Å². The van der Waals surface area contributed by atoms with Crippen LogP contribution < -0.4 is 10.0 Å². The monoisotopic (exact) mass is 346 g/mol. The number of nitrogens with one attached hydrogen (secondary N) is 2. The second-order valence-electron chi connectivity index (χ2n) is 5.21. The van der Waals surface area contributed by atoms with E-state index >= 15 is 0 Å². The number of carbonyl (C=O) groups excluding carboxylic acids is 1. The largest absolute Gasteiger partial charge is 0.481 e. The van der Waals surface area contributed by atoms with E-state index in [1.807, 2.05) is 0 Å². The van der Waals surface area contributed by atoms with Crippen LogP contribution >= 0.6 is 0 Å². The van der Waals surface area contributed by atoms with Crippen LogP contribution in [0.4, 0.5) is 4.39 Å². The maximum Gasteiger partial charge on any atom is 0.305 e. The Hall–Kier alpha value is -2.00. The van der Waals surface area contributed by atoms with Crippen LogP contribution in [0, 0.1) is 11.7 Å². The third-order valence-electron chi connectivity index (χ3n) is 3.00. The molecule has 0 saturated carbocycles. The van der Waals surface area contributed by atoms with Gasteiger partial charge in [0, 0.05) is 6.54 Å². The Morgan fingerprint density at radius 1 is 1.26 bits per heavy atom. The molecule has 1 aromatic rings. The molecule has 0 spiro atoms. The molecular formula is C14H19FN2O5S. The Balaban J connectivity index is 2.89. The molecule has 1 rings (SSSR count). The maximum absolute atomic E-state index is 13.6. The lowest BCUT2D eigenvalue weighted by atomic mass is 10.1. The maximum atomic E-state index is 13.6. The second-order valence-corrected chi connectivity index (χ2v) is 6.89. The number of carboxylic acids is 1. The highest BCUT2D eigenvalue weighted by atomic mass is 32.2. The van der Waals surface area contributed by atoms with Crippen LogP contribution in [0.15, 0.2) is 29.2 Å². The lowest BCUT2D eigenvalue weighted by Gasteiger charge is -2.21. The summed E-state index contributed by atoms with van der Waals surface area (Å²) in [5.41, 5.74) is 0. The van der Waals surface area contributed by atoms with Crippen LogP contribution in [-0.4, -0.2) is 38.0 Å². The van der Waals surface area contributed by atoms with Crippen molar-refractivity contribution in [2.24, 2.45) is 5.92 Å². The fourth-order valence-corrected chi connectivity index (χ4v) is 3.21. The summed E-state index contributed by atoms with van der Waals surface area (Å²) < 4.78 is 40.3. The van der Waals surface area contributed by atoms with E-state index in [4.69, 9.17) is 5.11 Å². The first-order valence-electron chi connectivity index (χ1n) is 6.91. The lowest BCUT2D eigenvalue weighted by molar-refractivity contribution is -0.137. The van der Waals surface area contributed by atoms with E-state index in [-0.39, 0.29) is 13.0 Å². The van der Waals surface area contributed by atoms with Crippen molar-refractivity contribution in [2.45, 2.75) is 31.2 Å². The highest BCUT2D eigenvalue weighted by Gasteiger charge is 2.29. The van der Waals surface area contributed by atoms with Gasteiger partial charge in [-0.25, -0.2) is 12.8 Å². The molecule has 0 aliphatic carbocycles. The van der Waals surface area contributed by atoms with E-state index in [9.17, 15) is 22.4 Å². The van der Waals surface area contributed by atoms with Crippen molar-refractivity contribution in [3.05, 3.63) is 30.1 Å². The summed E-state index contributed by atoms with van der Waals surface area (Å²) >= 11 is 0. The molecule has 1 unspecified atom stereocenters. The average Bonchev–Trinajstić information content (AvgIpc) is 2.44. The van der Waals surface area contributed by atoms with Crippen LogP contribution in [0.2, 0.25) is 0 Å². The van der Waals surface area contributed by atoms with Crippen molar-refractivity contribution < 1.29 is 27.5 Å². The zero-order valence-electron chi connectivity index (χ0n) is 12.7. The Kier molecular flexibility index (Phi) is 6.64. The van der Waals surface area contributed by atoms with Gasteiger partial charge >= 0.3 is 5.97 Å². The summed E-state index contributed by atoms with van der Waals surface area (Å²) in [7, 11) is -4.22. The average molecular weight is 346 g/mol. The second kappa shape index (κ2) is 8.02. The molecule has 0 aliphatic heterocycles. The lowest BCUT2D eigenvalue weighted by Crippen LogP contribution is -2.50. The minimum Gasteiger partial charge on any atom is -0.481 e. The number of amides is 1. The van der Waals surface area contributed by atoms with Gasteiger partial charge in [0.1, 0.15) is 16.8 Å². The molecule has 9 heteroatoms. The van der Waals surface area contributed by atoms with Gasteiger partial charge in [-0.05, 0) is 18.1 Å².